The first-order valence-corrected chi connectivity index (χ1v) is 7.01. The fraction of sp³-hybridized carbons (Fsp3) is 0.235. The summed E-state index contributed by atoms with van der Waals surface area (Å²) >= 11 is 0. The van der Waals surface area contributed by atoms with Gasteiger partial charge in [-0.2, -0.15) is 0 Å². The van der Waals surface area contributed by atoms with Gasteiger partial charge < -0.3 is 27.1 Å². The van der Waals surface area contributed by atoms with Crippen molar-refractivity contribution >= 4 is 10.9 Å². The molecule has 3 rings (SSSR count). The lowest BCUT2D eigenvalue weighted by Gasteiger charge is -2.02. The van der Waals surface area contributed by atoms with Crippen LogP contribution in [0.15, 0.2) is 54.9 Å². The standard InChI is InChI=1S/C17H19N2O.BrH/c20-12-9-15-5-3-4-10-19(15)11-8-14-13-18-17-7-2-1-6-16(14)17;/h1-7,10,13,18,20H,8-9,11-12H2;1H/q+1;/p-1. The van der Waals surface area contributed by atoms with Gasteiger partial charge in [-0.05, 0) is 11.6 Å². The molecule has 3 nitrogen and oxygen atoms in total. The van der Waals surface area contributed by atoms with Crippen molar-refractivity contribution in [3.8, 4) is 0 Å². The zero-order valence-corrected chi connectivity index (χ0v) is 13.4. The van der Waals surface area contributed by atoms with Crippen molar-refractivity contribution in [1.29, 1.82) is 0 Å². The predicted molar refractivity (Wildman–Crippen MR) is 79.4 cm³/mol. The Morgan fingerprint density at radius 1 is 1.00 bits per heavy atom. The zero-order chi connectivity index (χ0) is 13.8. The van der Waals surface area contributed by atoms with Crippen molar-refractivity contribution in [1.82, 2.24) is 4.98 Å². The van der Waals surface area contributed by atoms with Crippen LogP contribution in [0.2, 0.25) is 0 Å². The van der Waals surface area contributed by atoms with E-state index in [2.05, 4.69) is 46.2 Å². The average molecular weight is 347 g/mol. The van der Waals surface area contributed by atoms with Gasteiger partial charge in [0.2, 0.25) is 0 Å². The van der Waals surface area contributed by atoms with Crippen LogP contribution in [0.5, 0.6) is 0 Å². The number of rotatable bonds is 5. The maximum absolute atomic E-state index is 9.12. The summed E-state index contributed by atoms with van der Waals surface area (Å²) in [6, 6.07) is 14.5. The highest BCUT2D eigenvalue weighted by Crippen LogP contribution is 2.17. The van der Waals surface area contributed by atoms with E-state index < -0.39 is 0 Å². The lowest BCUT2D eigenvalue weighted by atomic mass is 10.1. The highest BCUT2D eigenvalue weighted by atomic mass is 79.9. The quantitative estimate of drug-likeness (QED) is 0.585. The molecule has 21 heavy (non-hydrogen) atoms. The van der Waals surface area contributed by atoms with Gasteiger partial charge >= 0.3 is 0 Å². The van der Waals surface area contributed by atoms with Gasteiger partial charge in [-0.3, -0.25) is 0 Å². The average Bonchev–Trinajstić information content (AvgIpc) is 2.90. The van der Waals surface area contributed by atoms with Gasteiger partial charge in [0.05, 0.1) is 13.0 Å². The van der Waals surface area contributed by atoms with Crippen LogP contribution in [0.3, 0.4) is 0 Å². The molecule has 2 heterocycles. The van der Waals surface area contributed by atoms with Crippen LogP contribution in [0.25, 0.3) is 10.9 Å². The van der Waals surface area contributed by atoms with E-state index in [0.717, 1.165) is 13.0 Å². The smallest absolute Gasteiger partial charge is 0.183 e. The molecule has 0 aliphatic carbocycles. The number of nitrogens with zero attached hydrogens (tertiary/aromatic N) is 1. The number of nitrogens with one attached hydrogen (secondary N) is 1. The summed E-state index contributed by atoms with van der Waals surface area (Å²) in [7, 11) is 0. The maximum Gasteiger partial charge on any atom is 0.183 e. The molecule has 3 aromatic rings. The van der Waals surface area contributed by atoms with E-state index in [0.29, 0.717) is 6.42 Å². The molecule has 4 heteroatoms. The largest absolute Gasteiger partial charge is 1.00 e. The number of aliphatic hydroxyl groups excluding tert-OH is 1. The molecule has 0 spiro atoms. The summed E-state index contributed by atoms with van der Waals surface area (Å²) in [6.45, 7) is 1.12. The molecule has 0 fully saturated rings. The Bertz CT molecular complexity index is 709. The Hall–Kier alpha value is -1.65. The number of H-pyrrole nitrogens is 1. The fourth-order valence-corrected chi connectivity index (χ4v) is 2.65. The molecule has 110 valence electrons. The van der Waals surface area contributed by atoms with Gasteiger partial charge in [-0.1, -0.05) is 24.3 Å². The molecule has 0 radical (unpaired) electrons. The highest BCUT2D eigenvalue weighted by molar-refractivity contribution is 5.82. The number of aliphatic hydroxyl groups is 1. The number of aromatic nitrogens is 2. The molecule has 2 N–H and O–H groups in total. The van der Waals surface area contributed by atoms with E-state index in [1.165, 1.54) is 22.2 Å². The van der Waals surface area contributed by atoms with Crippen LogP contribution in [0, 0.1) is 0 Å². The van der Waals surface area contributed by atoms with Crippen molar-refractivity contribution in [2.24, 2.45) is 0 Å². The Labute approximate surface area is 135 Å². The lowest BCUT2D eigenvalue weighted by molar-refractivity contribution is -0.703. The van der Waals surface area contributed by atoms with Crippen LogP contribution in [-0.2, 0) is 19.4 Å². The summed E-state index contributed by atoms with van der Waals surface area (Å²) in [5.74, 6) is 0. The summed E-state index contributed by atoms with van der Waals surface area (Å²) < 4.78 is 2.22. The second-order valence-electron chi connectivity index (χ2n) is 4.97. The number of benzene rings is 1. The zero-order valence-electron chi connectivity index (χ0n) is 11.8. The predicted octanol–water partition coefficient (Wildman–Crippen LogP) is -0.763. The minimum absolute atomic E-state index is 0. The third-order valence-electron chi connectivity index (χ3n) is 3.70. The first-order valence-electron chi connectivity index (χ1n) is 7.01. The van der Waals surface area contributed by atoms with Gasteiger partial charge in [0.25, 0.3) is 0 Å². The molecular weight excluding hydrogens is 328 g/mol. The van der Waals surface area contributed by atoms with Crippen LogP contribution < -0.4 is 21.5 Å². The SMILES string of the molecule is OCCc1cccc[n+]1CCc1c[nH]c2ccccc12.[Br-]. The molecule has 2 aromatic heterocycles. The monoisotopic (exact) mass is 346 g/mol. The van der Waals surface area contributed by atoms with E-state index in [-0.39, 0.29) is 23.6 Å². The van der Waals surface area contributed by atoms with Crippen molar-refractivity contribution < 1.29 is 26.7 Å². The van der Waals surface area contributed by atoms with Crippen LogP contribution in [0.4, 0.5) is 0 Å². The summed E-state index contributed by atoms with van der Waals surface area (Å²) in [6.07, 6.45) is 5.87. The number of fused-ring (bicyclic) bond motifs is 1. The van der Waals surface area contributed by atoms with E-state index in [1.807, 2.05) is 18.2 Å². The fourth-order valence-electron chi connectivity index (χ4n) is 2.65. The molecule has 0 saturated heterocycles. The summed E-state index contributed by atoms with van der Waals surface area (Å²) in [5, 5.41) is 10.4. The number of halogens is 1. The van der Waals surface area contributed by atoms with Crippen molar-refractivity contribution in [2.45, 2.75) is 19.4 Å². The van der Waals surface area contributed by atoms with Gasteiger partial charge in [0.15, 0.2) is 18.4 Å². The first kappa shape index (κ1) is 15.7. The van der Waals surface area contributed by atoms with Gasteiger partial charge in [0, 0.05) is 35.7 Å². The molecule has 0 atom stereocenters. The minimum atomic E-state index is 0. The minimum Gasteiger partial charge on any atom is -1.00 e. The van der Waals surface area contributed by atoms with E-state index in [4.69, 9.17) is 5.11 Å². The molecule has 0 aliphatic rings. The first-order chi connectivity index (χ1) is 9.88. The maximum atomic E-state index is 9.12. The van der Waals surface area contributed by atoms with Crippen molar-refractivity contribution in [3.05, 3.63) is 66.1 Å². The Morgan fingerprint density at radius 2 is 1.81 bits per heavy atom. The number of pyridine rings is 1. The van der Waals surface area contributed by atoms with Gasteiger partial charge in [-0.15, -0.1) is 0 Å². The number of para-hydroxylation sites is 1. The third kappa shape index (κ3) is 3.52. The Balaban J connectivity index is 0.00000161. The third-order valence-corrected chi connectivity index (χ3v) is 3.70. The van der Waals surface area contributed by atoms with Crippen molar-refractivity contribution in [2.75, 3.05) is 6.61 Å². The molecule has 1 aromatic carbocycles. The number of hydrogen-bond acceptors (Lipinski definition) is 1. The molecular formula is C17H19BrN2O. The molecule has 0 saturated carbocycles. The number of aromatic amines is 1. The molecule has 0 unspecified atom stereocenters. The Morgan fingerprint density at radius 3 is 2.67 bits per heavy atom. The number of hydrogen-bond donors (Lipinski definition) is 2. The lowest BCUT2D eigenvalue weighted by Crippen LogP contribution is -3.00. The van der Waals surface area contributed by atoms with Gasteiger partial charge in [-0.25, -0.2) is 4.57 Å². The Kier molecular flexibility index (Phi) is 5.53. The normalized spacial score (nSPS) is 10.5. The van der Waals surface area contributed by atoms with E-state index in [1.54, 1.807) is 0 Å². The molecule has 0 aliphatic heterocycles. The number of aryl methyl sites for hydroxylation is 2. The second kappa shape index (κ2) is 7.38. The van der Waals surface area contributed by atoms with Crippen molar-refractivity contribution in [3.63, 3.8) is 0 Å². The highest BCUT2D eigenvalue weighted by Gasteiger charge is 2.10. The van der Waals surface area contributed by atoms with E-state index in [9.17, 15) is 0 Å². The summed E-state index contributed by atoms with van der Waals surface area (Å²) in [5.41, 5.74) is 3.71. The van der Waals surface area contributed by atoms with Crippen LogP contribution >= 0.6 is 0 Å². The van der Waals surface area contributed by atoms with Crippen LogP contribution in [-0.4, -0.2) is 16.7 Å². The van der Waals surface area contributed by atoms with E-state index >= 15 is 0 Å². The van der Waals surface area contributed by atoms with Crippen LogP contribution in [0.1, 0.15) is 11.3 Å². The summed E-state index contributed by atoms with van der Waals surface area (Å²) in [4.78, 5) is 3.31. The topological polar surface area (TPSA) is 39.9 Å². The molecule has 0 amide bonds. The second-order valence-corrected chi connectivity index (χ2v) is 4.97. The molecule has 0 bridgehead atoms. The van der Waals surface area contributed by atoms with Gasteiger partial charge in [0.1, 0.15) is 0 Å².